The molecular formula is C20H21Cl2N. The molecule has 23 heavy (non-hydrogen) atoms. The number of hydrogen-bond donors (Lipinski definition) is 0. The second-order valence-corrected chi connectivity index (χ2v) is 6.83. The first kappa shape index (κ1) is 16.6. The number of allylic oxidation sites excluding steroid dienone is 1. The van der Waals surface area contributed by atoms with Crippen LogP contribution in [0.3, 0.4) is 0 Å². The standard InChI is InChI=1S/C20H21Cl2N/c1-3-7-16(14-10-11-18(21)19(22)12-14)20-17-9-6-5-8-15(17)13-23(20)4-2/h3,5-6,8-12,16,20H,1,4,7,13H2,2H3/t16-,20+/m0/s1. The van der Waals surface area contributed by atoms with E-state index in [1.165, 1.54) is 16.7 Å². The summed E-state index contributed by atoms with van der Waals surface area (Å²) in [5, 5.41) is 1.22. The monoisotopic (exact) mass is 345 g/mol. The Balaban J connectivity index is 2.05. The molecule has 2 aromatic carbocycles. The van der Waals surface area contributed by atoms with Gasteiger partial charge in [0, 0.05) is 18.5 Å². The smallest absolute Gasteiger partial charge is 0.0595 e. The van der Waals surface area contributed by atoms with Crippen LogP contribution in [0.1, 0.15) is 42.0 Å². The maximum atomic E-state index is 6.26. The highest BCUT2D eigenvalue weighted by Crippen LogP contribution is 2.45. The lowest BCUT2D eigenvalue weighted by atomic mass is 9.84. The average Bonchev–Trinajstić information content (AvgIpc) is 2.93. The number of hydrogen-bond acceptors (Lipinski definition) is 1. The molecule has 0 aliphatic carbocycles. The molecule has 3 rings (SSSR count). The summed E-state index contributed by atoms with van der Waals surface area (Å²) < 4.78 is 0. The van der Waals surface area contributed by atoms with Crippen LogP contribution in [0.5, 0.6) is 0 Å². The summed E-state index contributed by atoms with van der Waals surface area (Å²) in [7, 11) is 0. The third-order valence-corrected chi connectivity index (χ3v) is 5.46. The number of halogens is 2. The predicted octanol–water partition coefficient (Wildman–Crippen LogP) is 6.23. The Labute approximate surface area is 148 Å². The van der Waals surface area contributed by atoms with Gasteiger partial charge in [0.1, 0.15) is 0 Å². The molecule has 0 aromatic heterocycles. The molecule has 2 aromatic rings. The van der Waals surface area contributed by atoms with Gasteiger partial charge in [-0.1, -0.05) is 66.5 Å². The summed E-state index contributed by atoms with van der Waals surface area (Å²) in [4.78, 5) is 2.53. The maximum Gasteiger partial charge on any atom is 0.0595 e. The molecule has 0 amide bonds. The minimum absolute atomic E-state index is 0.325. The van der Waals surface area contributed by atoms with E-state index < -0.39 is 0 Å². The Morgan fingerprint density at radius 3 is 2.70 bits per heavy atom. The lowest BCUT2D eigenvalue weighted by Gasteiger charge is -2.31. The molecule has 3 heteroatoms. The van der Waals surface area contributed by atoms with Crippen molar-refractivity contribution in [3.8, 4) is 0 Å². The number of benzene rings is 2. The van der Waals surface area contributed by atoms with Gasteiger partial charge in [0.15, 0.2) is 0 Å². The van der Waals surface area contributed by atoms with Gasteiger partial charge in [-0.3, -0.25) is 4.90 Å². The molecular weight excluding hydrogens is 325 g/mol. The Morgan fingerprint density at radius 2 is 2.00 bits per heavy atom. The van der Waals surface area contributed by atoms with Crippen LogP contribution < -0.4 is 0 Å². The van der Waals surface area contributed by atoms with E-state index in [0.717, 1.165) is 19.5 Å². The Bertz CT molecular complexity index is 711. The molecule has 0 saturated carbocycles. The first-order chi connectivity index (χ1) is 11.2. The van der Waals surface area contributed by atoms with Crippen molar-refractivity contribution in [1.82, 2.24) is 4.90 Å². The zero-order chi connectivity index (χ0) is 16.4. The summed E-state index contributed by atoms with van der Waals surface area (Å²) in [6.07, 6.45) is 2.91. The van der Waals surface area contributed by atoms with Crippen LogP contribution in [0.15, 0.2) is 55.1 Å². The highest BCUT2D eigenvalue weighted by molar-refractivity contribution is 6.42. The third kappa shape index (κ3) is 3.19. The van der Waals surface area contributed by atoms with Crippen LogP contribution in [0, 0.1) is 0 Å². The van der Waals surface area contributed by atoms with E-state index in [9.17, 15) is 0 Å². The molecule has 0 N–H and O–H groups in total. The quantitative estimate of drug-likeness (QED) is 0.580. The normalized spacial score (nSPS) is 18.7. The van der Waals surface area contributed by atoms with Crippen molar-refractivity contribution in [1.29, 1.82) is 0 Å². The molecule has 0 spiro atoms. The van der Waals surface area contributed by atoms with Crippen LogP contribution in [0.4, 0.5) is 0 Å². The van der Waals surface area contributed by atoms with Gasteiger partial charge in [-0.05, 0) is 41.8 Å². The summed E-state index contributed by atoms with van der Waals surface area (Å²) in [6.45, 7) is 8.22. The average molecular weight is 346 g/mol. The molecule has 0 saturated heterocycles. The third-order valence-electron chi connectivity index (χ3n) is 4.72. The minimum Gasteiger partial charge on any atom is -0.292 e. The van der Waals surface area contributed by atoms with E-state index in [1.807, 2.05) is 18.2 Å². The number of nitrogens with zero attached hydrogens (tertiary/aromatic N) is 1. The van der Waals surface area contributed by atoms with E-state index in [1.54, 1.807) is 0 Å². The largest absolute Gasteiger partial charge is 0.292 e. The van der Waals surface area contributed by atoms with Crippen molar-refractivity contribution in [2.45, 2.75) is 31.8 Å². The lowest BCUT2D eigenvalue weighted by Crippen LogP contribution is -2.26. The Kier molecular flexibility index (Phi) is 5.11. The second-order valence-electron chi connectivity index (χ2n) is 6.01. The fraction of sp³-hybridized carbons (Fsp3) is 0.300. The molecule has 0 radical (unpaired) electrons. The highest BCUT2D eigenvalue weighted by Gasteiger charge is 2.35. The van der Waals surface area contributed by atoms with Crippen molar-refractivity contribution >= 4 is 23.2 Å². The Hall–Kier alpha value is -1.28. The fourth-order valence-corrected chi connectivity index (χ4v) is 3.94. The molecule has 1 nitrogen and oxygen atoms in total. The summed E-state index contributed by atoms with van der Waals surface area (Å²) >= 11 is 12.4. The number of fused-ring (bicyclic) bond motifs is 1. The van der Waals surface area contributed by atoms with Crippen molar-refractivity contribution in [3.05, 3.63) is 81.9 Å². The minimum atomic E-state index is 0.325. The van der Waals surface area contributed by atoms with Crippen molar-refractivity contribution in [2.75, 3.05) is 6.54 Å². The zero-order valence-corrected chi connectivity index (χ0v) is 14.8. The van der Waals surface area contributed by atoms with Crippen LogP contribution >= 0.6 is 23.2 Å². The maximum absolute atomic E-state index is 6.26. The molecule has 0 fully saturated rings. The van der Waals surface area contributed by atoms with Crippen molar-refractivity contribution in [3.63, 3.8) is 0 Å². The summed E-state index contributed by atoms with van der Waals surface area (Å²) in [6, 6.07) is 15.1. The van der Waals surface area contributed by atoms with Gasteiger partial charge in [-0.25, -0.2) is 0 Å². The van der Waals surface area contributed by atoms with Gasteiger partial charge in [-0.15, -0.1) is 6.58 Å². The van der Waals surface area contributed by atoms with E-state index in [0.29, 0.717) is 22.0 Å². The molecule has 1 aliphatic rings. The van der Waals surface area contributed by atoms with Gasteiger partial charge >= 0.3 is 0 Å². The lowest BCUT2D eigenvalue weighted by molar-refractivity contribution is 0.197. The van der Waals surface area contributed by atoms with E-state index in [-0.39, 0.29) is 0 Å². The van der Waals surface area contributed by atoms with Gasteiger partial charge in [-0.2, -0.15) is 0 Å². The van der Waals surface area contributed by atoms with Crippen LogP contribution in [0.2, 0.25) is 10.0 Å². The topological polar surface area (TPSA) is 3.24 Å². The fourth-order valence-electron chi connectivity index (χ4n) is 3.63. The van der Waals surface area contributed by atoms with E-state index in [4.69, 9.17) is 23.2 Å². The van der Waals surface area contributed by atoms with Crippen LogP contribution in [-0.2, 0) is 6.54 Å². The first-order valence-corrected chi connectivity index (χ1v) is 8.79. The SMILES string of the molecule is C=CC[C@@H](c1ccc(Cl)c(Cl)c1)[C@@H]1c2ccccc2CN1CC. The Morgan fingerprint density at radius 1 is 1.22 bits per heavy atom. The molecule has 0 bridgehead atoms. The van der Waals surface area contributed by atoms with Crippen molar-refractivity contribution in [2.24, 2.45) is 0 Å². The molecule has 0 unspecified atom stereocenters. The predicted molar refractivity (Wildman–Crippen MR) is 99.3 cm³/mol. The van der Waals surface area contributed by atoms with E-state index >= 15 is 0 Å². The van der Waals surface area contributed by atoms with Gasteiger partial charge in [0.25, 0.3) is 0 Å². The number of likely N-dealkylation sites (N-methyl/N-ethyl adjacent to an activating group) is 1. The van der Waals surface area contributed by atoms with Crippen LogP contribution in [0.25, 0.3) is 0 Å². The summed E-state index contributed by atoms with van der Waals surface area (Å²) in [5.74, 6) is 0.325. The van der Waals surface area contributed by atoms with Gasteiger partial charge in [0.2, 0.25) is 0 Å². The number of rotatable bonds is 5. The van der Waals surface area contributed by atoms with E-state index in [2.05, 4.69) is 48.7 Å². The second kappa shape index (κ2) is 7.09. The first-order valence-electron chi connectivity index (χ1n) is 8.03. The molecule has 1 heterocycles. The van der Waals surface area contributed by atoms with Crippen molar-refractivity contribution < 1.29 is 0 Å². The molecule has 1 aliphatic heterocycles. The molecule has 2 atom stereocenters. The van der Waals surface area contributed by atoms with Gasteiger partial charge < -0.3 is 0 Å². The highest BCUT2D eigenvalue weighted by atomic mass is 35.5. The molecule has 120 valence electrons. The summed E-state index contributed by atoms with van der Waals surface area (Å²) in [5.41, 5.74) is 4.07. The zero-order valence-electron chi connectivity index (χ0n) is 13.3. The van der Waals surface area contributed by atoms with Gasteiger partial charge in [0.05, 0.1) is 10.0 Å². The van der Waals surface area contributed by atoms with Crippen LogP contribution in [-0.4, -0.2) is 11.4 Å².